The van der Waals surface area contributed by atoms with Gasteiger partial charge in [-0.25, -0.2) is 0 Å². The van der Waals surface area contributed by atoms with Crippen LogP contribution in [-0.2, 0) is 0 Å². The number of carbonyl (C=O) groups is 2. The first-order valence-electron chi connectivity index (χ1n) is 10.0. The Hall–Kier alpha value is -2.34. The van der Waals surface area contributed by atoms with E-state index in [-0.39, 0.29) is 17.9 Å². The van der Waals surface area contributed by atoms with Crippen LogP contribution in [0, 0.1) is 5.92 Å². The molecular formula is C22H29N3O2S. The number of hydrogen-bond donors (Lipinski definition) is 2. The minimum atomic E-state index is -0.0102. The summed E-state index contributed by atoms with van der Waals surface area (Å²) in [6.07, 6.45) is 2.80. The van der Waals surface area contributed by atoms with Crippen LogP contribution in [0.4, 0.5) is 5.69 Å². The molecule has 28 heavy (non-hydrogen) atoms. The van der Waals surface area contributed by atoms with Crippen molar-refractivity contribution in [2.75, 3.05) is 24.5 Å². The van der Waals surface area contributed by atoms with E-state index in [0.717, 1.165) is 48.5 Å². The second-order valence-corrected chi connectivity index (χ2v) is 8.40. The molecule has 1 aliphatic heterocycles. The Morgan fingerprint density at radius 2 is 1.89 bits per heavy atom. The van der Waals surface area contributed by atoms with Crippen LogP contribution in [0.5, 0.6) is 0 Å². The Labute approximate surface area is 171 Å². The van der Waals surface area contributed by atoms with Gasteiger partial charge in [0.2, 0.25) is 0 Å². The van der Waals surface area contributed by atoms with Crippen LogP contribution in [0.3, 0.4) is 0 Å². The molecule has 0 aliphatic carbocycles. The molecule has 0 unspecified atom stereocenters. The first-order chi connectivity index (χ1) is 13.6. The fraction of sp³-hybridized carbons (Fsp3) is 0.455. The normalized spacial score (nSPS) is 15.9. The van der Waals surface area contributed by atoms with E-state index in [1.807, 2.05) is 41.8 Å². The highest BCUT2D eigenvalue weighted by molar-refractivity contribution is 7.12. The Morgan fingerprint density at radius 3 is 2.57 bits per heavy atom. The SMILES string of the molecule is CC[C@@H](C)CNC(=O)c1ccccc1N1CCC(NC(=O)c2cccs2)CC1. The van der Waals surface area contributed by atoms with Gasteiger partial charge >= 0.3 is 0 Å². The number of amides is 2. The summed E-state index contributed by atoms with van der Waals surface area (Å²) in [5, 5.41) is 8.11. The topological polar surface area (TPSA) is 61.4 Å². The predicted octanol–water partition coefficient (Wildman–Crippen LogP) is 3.92. The van der Waals surface area contributed by atoms with E-state index in [2.05, 4.69) is 29.4 Å². The third-order valence-electron chi connectivity index (χ3n) is 5.37. The number of rotatable bonds is 7. The van der Waals surface area contributed by atoms with E-state index in [1.54, 1.807) is 0 Å². The number of nitrogens with zero attached hydrogens (tertiary/aromatic N) is 1. The zero-order valence-corrected chi connectivity index (χ0v) is 17.4. The van der Waals surface area contributed by atoms with Crippen molar-refractivity contribution in [3.63, 3.8) is 0 Å². The van der Waals surface area contributed by atoms with Gasteiger partial charge in [0.15, 0.2) is 0 Å². The summed E-state index contributed by atoms with van der Waals surface area (Å²) in [7, 11) is 0. The predicted molar refractivity (Wildman–Crippen MR) is 115 cm³/mol. The van der Waals surface area contributed by atoms with E-state index in [1.165, 1.54) is 11.3 Å². The van der Waals surface area contributed by atoms with Crippen molar-refractivity contribution in [2.24, 2.45) is 5.92 Å². The molecule has 1 atom stereocenters. The maximum absolute atomic E-state index is 12.7. The van der Waals surface area contributed by atoms with Crippen LogP contribution in [-0.4, -0.2) is 37.5 Å². The average molecular weight is 400 g/mol. The number of para-hydroxylation sites is 1. The molecule has 150 valence electrons. The lowest BCUT2D eigenvalue weighted by Crippen LogP contribution is -2.45. The second-order valence-electron chi connectivity index (χ2n) is 7.45. The molecular weight excluding hydrogens is 370 g/mol. The Balaban J connectivity index is 1.58. The summed E-state index contributed by atoms with van der Waals surface area (Å²) >= 11 is 1.46. The molecule has 5 nitrogen and oxygen atoms in total. The molecule has 1 aliphatic rings. The standard InChI is InChI=1S/C22H29N3O2S/c1-3-16(2)15-23-21(26)18-7-4-5-8-19(18)25-12-10-17(11-13-25)24-22(27)20-9-6-14-28-20/h4-9,14,16-17H,3,10-13,15H2,1-2H3,(H,23,26)(H,24,27)/t16-/m1/s1. The van der Waals surface area contributed by atoms with Crippen molar-refractivity contribution in [1.29, 1.82) is 0 Å². The van der Waals surface area contributed by atoms with E-state index >= 15 is 0 Å². The maximum Gasteiger partial charge on any atom is 0.261 e. The zero-order chi connectivity index (χ0) is 19.9. The lowest BCUT2D eigenvalue weighted by atomic mass is 10.0. The molecule has 2 heterocycles. The van der Waals surface area contributed by atoms with Gasteiger partial charge in [-0.05, 0) is 42.3 Å². The zero-order valence-electron chi connectivity index (χ0n) is 16.6. The van der Waals surface area contributed by atoms with E-state index in [9.17, 15) is 9.59 Å². The summed E-state index contributed by atoms with van der Waals surface area (Å²) in [5.41, 5.74) is 1.71. The van der Waals surface area contributed by atoms with E-state index in [0.29, 0.717) is 12.5 Å². The number of piperidine rings is 1. The van der Waals surface area contributed by atoms with Gasteiger partial charge in [0.05, 0.1) is 10.4 Å². The van der Waals surface area contributed by atoms with E-state index < -0.39 is 0 Å². The average Bonchev–Trinajstić information content (AvgIpc) is 3.27. The number of carbonyl (C=O) groups excluding carboxylic acids is 2. The number of thiophene rings is 1. The van der Waals surface area contributed by atoms with Crippen molar-refractivity contribution in [3.8, 4) is 0 Å². The molecule has 1 saturated heterocycles. The van der Waals surface area contributed by atoms with Crippen LogP contribution in [0.25, 0.3) is 0 Å². The van der Waals surface area contributed by atoms with Gasteiger partial charge in [0.25, 0.3) is 11.8 Å². The highest BCUT2D eigenvalue weighted by Gasteiger charge is 2.24. The summed E-state index contributed by atoms with van der Waals surface area (Å²) in [6.45, 7) is 6.62. The van der Waals surface area contributed by atoms with Gasteiger partial charge < -0.3 is 15.5 Å². The molecule has 6 heteroatoms. The Kier molecular flexibility index (Phi) is 7.09. The molecule has 2 aromatic rings. The summed E-state index contributed by atoms with van der Waals surface area (Å²) in [6, 6.07) is 11.7. The van der Waals surface area contributed by atoms with Crippen LogP contribution >= 0.6 is 11.3 Å². The molecule has 2 N–H and O–H groups in total. The van der Waals surface area contributed by atoms with Gasteiger partial charge in [-0.2, -0.15) is 0 Å². The number of benzene rings is 1. The lowest BCUT2D eigenvalue weighted by molar-refractivity contribution is 0.0933. The van der Waals surface area contributed by atoms with Crippen molar-refractivity contribution < 1.29 is 9.59 Å². The first kappa shape index (κ1) is 20.4. The second kappa shape index (κ2) is 9.73. The summed E-state index contributed by atoms with van der Waals surface area (Å²) < 4.78 is 0. The highest BCUT2D eigenvalue weighted by Crippen LogP contribution is 2.24. The van der Waals surface area contributed by atoms with E-state index in [4.69, 9.17) is 0 Å². The maximum atomic E-state index is 12.7. The van der Waals surface area contributed by atoms with Crippen molar-refractivity contribution in [2.45, 2.75) is 39.2 Å². The molecule has 1 aromatic carbocycles. The molecule has 1 fully saturated rings. The van der Waals surface area contributed by atoms with Gasteiger partial charge in [-0.1, -0.05) is 38.5 Å². The third-order valence-corrected chi connectivity index (χ3v) is 6.24. The minimum absolute atomic E-state index is 0.0102. The molecule has 0 bridgehead atoms. The van der Waals surface area contributed by atoms with Crippen LogP contribution in [0.2, 0.25) is 0 Å². The fourth-order valence-corrected chi connectivity index (χ4v) is 4.00. The highest BCUT2D eigenvalue weighted by atomic mass is 32.1. The molecule has 2 amide bonds. The largest absolute Gasteiger partial charge is 0.371 e. The first-order valence-corrected chi connectivity index (χ1v) is 10.9. The van der Waals surface area contributed by atoms with Crippen molar-refractivity contribution in [1.82, 2.24) is 10.6 Å². The Morgan fingerprint density at radius 1 is 1.14 bits per heavy atom. The number of nitrogens with one attached hydrogen (secondary N) is 2. The van der Waals surface area contributed by atoms with Gasteiger partial charge in [0.1, 0.15) is 0 Å². The van der Waals surface area contributed by atoms with Crippen LogP contribution < -0.4 is 15.5 Å². The molecule has 0 spiro atoms. The van der Waals surface area contributed by atoms with Crippen molar-refractivity contribution in [3.05, 3.63) is 52.2 Å². The molecule has 0 saturated carbocycles. The van der Waals surface area contributed by atoms with Crippen molar-refractivity contribution >= 4 is 28.8 Å². The Bertz CT molecular complexity index is 783. The van der Waals surface area contributed by atoms with Gasteiger partial charge in [-0.15, -0.1) is 11.3 Å². The number of anilines is 1. The minimum Gasteiger partial charge on any atom is -0.371 e. The molecule has 3 rings (SSSR count). The number of hydrogen-bond acceptors (Lipinski definition) is 4. The lowest BCUT2D eigenvalue weighted by Gasteiger charge is -2.34. The summed E-state index contributed by atoms with van der Waals surface area (Å²) in [4.78, 5) is 27.9. The smallest absolute Gasteiger partial charge is 0.261 e. The van der Waals surface area contributed by atoms with Crippen LogP contribution in [0.1, 0.15) is 53.1 Å². The van der Waals surface area contributed by atoms with Crippen LogP contribution in [0.15, 0.2) is 41.8 Å². The van der Waals surface area contributed by atoms with Gasteiger partial charge in [-0.3, -0.25) is 9.59 Å². The summed E-state index contributed by atoms with van der Waals surface area (Å²) in [5.74, 6) is 0.473. The molecule has 1 aromatic heterocycles. The van der Waals surface area contributed by atoms with Gasteiger partial charge in [0, 0.05) is 31.4 Å². The fourth-order valence-electron chi connectivity index (χ4n) is 3.38. The quantitative estimate of drug-likeness (QED) is 0.742. The molecule has 0 radical (unpaired) electrons. The third kappa shape index (κ3) is 5.13. The monoisotopic (exact) mass is 399 g/mol.